The molecule has 0 aromatic carbocycles. The number of nitrogens with one attached hydrogen (secondary N) is 1. The van der Waals surface area contributed by atoms with E-state index in [1.54, 1.807) is 0 Å². The van der Waals surface area contributed by atoms with E-state index in [4.69, 9.17) is 0 Å². The first-order valence-electron chi connectivity index (χ1n) is 6.47. The van der Waals surface area contributed by atoms with E-state index in [0.29, 0.717) is 0 Å². The molecule has 1 aliphatic rings. The first kappa shape index (κ1) is 13.0. The van der Waals surface area contributed by atoms with Gasteiger partial charge in [0.05, 0.1) is 11.6 Å². The summed E-state index contributed by atoms with van der Waals surface area (Å²) in [6.07, 6.45) is 6.89. The van der Waals surface area contributed by atoms with Crippen molar-refractivity contribution in [2.24, 2.45) is 0 Å². The fourth-order valence-electron chi connectivity index (χ4n) is 1.84. The van der Waals surface area contributed by atoms with Crippen LogP contribution < -0.4 is 5.32 Å². The molecule has 4 heteroatoms. The lowest BCUT2D eigenvalue weighted by atomic mass is 9.86. The minimum absolute atomic E-state index is 0.166. The fourth-order valence-corrected chi connectivity index (χ4v) is 2.87. The predicted octanol–water partition coefficient (Wildman–Crippen LogP) is 2.66. The van der Waals surface area contributed by atoms with Gasteiger partial charge in [-0.2, -0.15) is 0 Å². The smallest absolute Gasteiger partial charge is 0.0959 e. The van der Waals surface area contributed by atoms with E-state index in [2.05, 4.69) is 24.1 Å². The number of rotatable bonds is 6. The molecule has 3 nitrogen and oxygen atoms in total. The molecule has 2 N–H and O–H groups in total. The molecule has 96 valence electrons. The third-order valence-corrected chi connectivity index (χ3v) is 5.00. The highest BCUT2D eigenvalue weighted by atomic mass is 32.1. The van der Waals surface area contributed by atoms with Gasteiger partial charge in [0.2, 0.25) is 0 Å². The van der Waals surface area contributed by atoms with Crippen molar-refractivity contribution in [3.63, 3.8) is 0 Å². The molecule has 0 aliphatic heterocycles. The van der Waals surface area contributed by atoms with E-state index in [-0.39, 0.29) is 12.1 Å². The van der Waals surface area contributed by atoms with Crippen LogP contribution in [0.2, 0.25) is 0 Å². The number of aliphatic hydroxyl groups excluding tert-OH is 1. The van der Waals surface area contributed by atoms with Gasteiger partial charge in [-0.25, -0.2) is 4.98 Å². The lowest BCUT2D eigenvalue weighted by Crippen LogP contribution is -2.44. The molecule has 0 spiro atoms. The zero-order valence-corrected chi connectivity index (χ0v) is 11.5. The molecule has 17 heavy (non-hydrogen) atoms. The Morgan fingerprint density at radius 1 is 1.59 bits per heavy atom. The molecule has 2 rings (SSSR count). The molecule has 1 heterocycles. The highest BCUT2D eigenvalue weighted by Gasteiger charge is 2.23. The topological polar surface area (TPSA) is 45.1 Å². The van der Waals surface area contributed by atoms with Crippen LogP contribution in [0, 0.1) is 0 Å². The minimum Gasteiger partial charge on any atom is -0.394 e. The Labute approximate surface area is 107 Å². The number of aliphatic hydroxyl groups is 1. The van der Waals surface area contributed by atoms with E-state index >= 15 is 0 Å². The normalized spacial score (nSPS) is 19.9. The molecule has 0 saturated heterocycles. The summed E-state index contributed by atoms with van der Waals surface area (Å²) in [5.74, 6) is 0.726. The third kappa shape index (κ3) is 3.06. The van der Waals surface area contributed by atoms with Gasteiger partial charge < -0.3 is 10.4 Å². The molecule has 1 fully saturated rings. The van der Waals surface area contributed by atoms with Gasteiger partial charge in [-0.1, -0.05) is 13.3 Å². The van der Waals surface area contributed by atoms with Crippen LogP contribution in [0.15, 0.2) is 6.20 Å². The van der Waals surface area contributed by atoms with Crippen molar-refractivity contribution in [3.8, 4) is 0 Å². The van der Waals surface area contributed by atoms with Gasteiger partial charge in [0.1, 0.15) is 0 Å². The molecule has 0 radical (unpaired) electrons. The second-order valence-corrected chi connectivity index (χ2v) is 6.37. The number of hydrogen-bond donors (Lipinski definition) is 2. The van der Waals surface area contributed by atoms with Crippen molar-refractivity contribution in [2.45, 2.75) is 57.5 Å². The lowest BCUT2D eigenvalue weighted by Gasteiger charge is -2.27. The van der Waals surface area contributed by atoms with E-state index in [9.17, 15) is 5.11 Å². The van der Waals surface area contributed by atoms with Crippen molar-refractivity contribution in [3.05, 3.63) is 16.1 Å². The zero-order valence-electron chi connectivity index (χ0n) is 10.7. The molecule has 1 aliphatic carbocycles. The standard InChI is InChI=1S/C13H22N2OS/c1-3-13(2,9-16)15-8-11-7-14-12(17-11)10-5-4-6-10/h7,10,15-16H,3-6,8-9H2,1-2H3. The second-order valence-electron chi connectivity index (χ2n) is 5.22. The van der Waals surface area contributed by atoms with E-state index in [1.165, 1.54) is 29.1 Å². The molecule has 1 unspecified atom stereocenters. The molecule has 1 aromatic heterocycles. The number of aromatic nitrogens is 1. The van der Waals surface area contributed by atoms with Gasteiger partial charge in [-0.3, -0.25) is 0 Å². The Balaban J connectivity index is 1.88. The first-order chi connectivity index (χ1) is 8.17. The van der Waals surface area contributed by atoms with Crippen LogP contribution in [-0.4, -0.2) is 22.2 Å². The average molecular weight is 254 g/mol. The summed E-state index contributed by atoms with van der Waals surface area (Å²) in [4.78, 5) is 5.78. The van der Waals surface area contributed by atoms with Crippen molar-refractivity contribution in [2.75, 3.05) is 6.61 Å². The monoisotopic (exact) mass is 254 g/mol. The summed E-state index contributed by atoms with van der Waals surface area (Å²) in [7, 11) is 0. The van der Waals surface area contributed by atoms with Crippen LogP contribution in [-0.2, 0) is 6.54 Å². The van der Waals surface area contributed by atoms with Crippen molar-refractivity contribution >= 4 is 11.3 Å². The lowest BCUT2D eigenvalue weighted by molar-refractivity contribution is 0.169. The minimum atomic E-state index is -0.166. The molecule has 0 bridgehead atoms. The van der Waals surface area contributed by atoms with Gasteiger partial charge in [0.25, 0.3) is 0 Å². The molecule has 1 atom stereocenters. The van der Waals surface area contributed by atoms with Crippen LogP contribution in [0.4, 0.5) is 0 Å². The van der Waals surface area contributed by atoms with Crippen molar-refractivity contribution < 1.29 is 5.11 Å². The maximum atomic E-state index is 9.33. The predicted molar refractivity (Wildman–Crippen MR) is 71.3 cm³/mol. The maximum Gasteiger partial charge on any atom is 0.0959 e. The van der Waals surface area contributed by atoms with Crippen molar-refractivity contribution in [1.29, 1.82) is 0 Å². The molecular weight excluding hydrogens is 232 g/mol. The molecule has 1 aromatic rings. The Kier molecular flexibility index (Phi) is 4.17. The quantitative estimate of drug-likeness (QED) is 0.820. The summed E-state index contributed by atoms with van der Waals surface area (Å²) in [6, 6.07) is 0. The summed E-state index contributed by atoms with van der Waals surface area (Å²) < 4.78 is 0. The SMILES string of the molecule is CCC(C)(CO)NCc1cnc(C2CCC2)s1. The van der Waals surface area contributed by atoms with Gasteiger partial charge in [-0.05, 0) is 26.2 Å². The Hall–Kier alpha value is -0.450. The first-order valence-corrected chi connectivity index (χ1v) is 7.29. The van der Waals surface area contributed by atoms with Gasteiger partial charge in [0.15, 0.2) is 0 Å². The molecular formula is C13H22N2OS. The van der Waals surface area contributed by atoms with Crippen LogP contribution in [0.25, 0.3) is 0 Å². The van der Waals surface area contributed by atoms with Gasteiger partial charge in [0, 0.05) is 29.1 Å². The summed E-state index contributed by atoms with van der Waals surface area (Å²) in [5, 5.41) is 14.1. The number of thiazole rings is 1. The molecule has 1 saturated carbocycles. The van der Waals surface area contributed by atoms with Gasteiger partial charge in [-0.15, -0.1) is 11.3 Å². The Morgan fingerprint density at radius 3 is 2.88 bits per heavy atom. The molecule has 0 amide bonds. The maximum absolute atomic E-state index is 9.33. The Morgan fingerprint density at radius 2 is 2.35 bits per heavy atom. The summed E-state index contributed by atoms with van der Waals surface area (Å²) in [5.41, 5.74) is -0.166. The van der Waals surface area contributed by atoms with Gasteiger partial charge >= 0.3 is 0 Å². The number of nitrogens with zero attached hydrogens (tertiary/aromatic N) is 1. The van der Waals surface area contributed by atoms with Crippen LogP contribution in [0.1, 0.15) is 55.3 Å². The Bertz CT molecular complexity index is 356. The van der Waals surface area contributed by atoms with E-state index in [0.717, 1.165) is 18.9 Å². The average Bonchev–Trinajstić information content (AvgIpc) is 2.72. The highest BCUT2D eigenvalue weighted by molar-refractivity contribution is 7.11. The highest BCUT2D eigenvalue weighted by Crippen LogP contribution is 2.38. The van der Waals surface area contributed by atoms with Crippen LogP contribution in [0.5, 0.6) is 0 Å². The van der Waals surface area contributed by atoms with E-state index < -0.39 is 0 Å². The van der Waals surface area contributed by atoms with Crippen molar-refractivity contribution in [1.82, 2.24) is 10.3 Å². The zero-order chi connectivity index (χ0) is 12.3. The fraction of sp³-hybridized carbons (Fsp3) is 0.769. The second kappa shape index (κ2) is 5.46. The summed E-state index contributed by atoms with van der Waals surface area (Å²) in [6.45, 7) is 5.14. The largest absolute Gasteiger partial charge is 0.394 e. The van der Waals surface area contributed by atoms with E-state index in [1.807, 2.05) is 17.5 Å². The van der Waals surface area contributed by atoms with Crippen LogP contribution in [0.3, 0.4) is 0 Å². The summed E-state index contributed by atoms with van der Waals surface area (Å²) >= 11 is 1.82. The third-order valence-electron chi connectivity index (χ3n) is 3.84. The van der Waals surface area contributed by atoms with Crippen LogP contribution >= 0.6 is 11.3 Å². The number of hydrogen-bond acceptors (Lipinski definition) is 4.